The molecule has 0 aromatic heterocycles. The van der Waals surface area contributed by atoms with Gasteiger partial charge in [0.05, 0.1) is 17.7 Å². The molecule has 0 saturated heterocycles. The largest absolute Gasteiger partial charge is 0.490 e. The van der Waals surface area contributed by atoms with E-state index in [1.807, 2.05) is 6.92 Å². The van der Waals surface area contributed by atoms with E-state index in [1.54, 1.807) is 42.5 Å². The highest BCUT2D eigenvalue weighted by Gasteiger charge is 2.27. The molecule has 3 rings (SSSR count). The van der Waals surface area contributed by atoms with Crippen molar-refractivity contribution in [3.8, 4) is 5.75 Å². The van der Waals surface area contributed by atoms with Crippen LogP contribution < -0.4 is 10.2 Å². The Morgan fingerprint density at radius 1 is 1.06 bits per heavy atom. The average Bonchev–Trinajstić information content (AvgIpc) is 2.84. The smallest absolute Gasteiger partial charge is 0.255 e. The van der Waals surface area contributed by atoms with Crippen molar-refractivity contribution in [3.05, 3.63) is 108 Å². The fraction of sp³-hybridized carbons (Fsp3) is 0.154. The number of sulfonamides is 1. The molecule has 0 aliphatic rings. The predicted molar refractivity (Wildman–Crippen MR) is 133 cm³/mol. The minimum absolute atomic E-state index is 0.0558. The summed E-state index contributed by atoms with van der Waals surface area (Å²) in [6.07, 6.45) is 3.08. The maximum absolute atomic E-state index is 13.3. The summed E-state index contributed by atoms with van der Waals surface area (Å²) in [7, 11) is -4.00. The number of rotatable bonds is 11. The summed E-state index contributed by atoms with van der Waals surface area (Å²) in [5.41, 5.74) is 4.52. The van der Waals surface area contributed by atoms with Crippen LogP contribution >= 0.6 is 0 Å². The fourth-order valence-corrected chi connectivity index (χ4v) is 4.44. The van der Waals surface area contributed by atoms with Crippen molar-refractivity contribution in [2.24, 2.45) is 5.10 Å². The van der Waals surface area contributed by atoms with Crippen LogP contribution in [0.2, 0.25) is 0 Å². The van der Waals surface area contributed by atoms with Gasteiger partial charge in [-0.25, -0.2) is 18.2 Å². The maximum Gasteiger partial charge on any atom is 0.255 e. The number of hydrogen-bond donors (Lipinski definition) is 1. The van der Waals surface area contributed by atoms with E-state index in [-0.39, 0.29) is 11.4 Å². The molecule has 7 nitrogen and oxygen atoms in total. The Morgan fingerprint density at radius 2 is 1.71 bits per heavy atom. The van der Waals surface area contributed by atoms with Gasteiger partial charge in [0.25, 0.3) is 5.91 Å². The van der Waals surface area contributed by atoms with E-state index in [1.165, 1.54) is 42.6 Å². The zero-order valence-corrected chi connectivity index (χ0v) is 20.0. The van der Waals surface area contributed by atoms with Gasteiger partial charge in [0.1, 0.15) is 18.2 Å². The number of aryl methyl sites for hydroxylation is 1. The minimum Gasteiger partial charge on any atom is -0.490 e. The Hall–Kier alpha value is -3.82. The average molecular weight is 496 g/mol. The summed E-state index contributed by atoms with van der Waals surface area (Å²) in [6.45, 7) is 5.25. The van der Waals surface area contributed by atoms with Gasteiger partial charge in [0, 0.05) is 6.54 Å². The van der Waals surface area contributed by atoms with Gasteiger partial charge in [-0.2, -0.15) is 9.41 Å². The normalized spacial score (nSPS) is 11.5. The Morgan fingerprint density at radius 3 is 2.34 bits per heavy atom. The first-order valence-electron chi connectivity index (χ1n) is 10.7. The van der Waals surface area contributed by atoms with Crippen LogP contribution in [0.25, 0.3) is 0 Å². The lowest BCUT2D eigenvalue weighted by atomic mass is 10.2. The summed E-state index contributed by atoms with van der Waals surface area (Å²) >= 11 is 0. The van der Waals surface area contributed by atoms with Gasteiger partial charge in [-0.15, -0.1) is 0 Å². The predicted octanol–water partition coefficient (Wildman–Crippen LogP) is 4.04. The summed E-state index contributed by atoms with van der Waals surface area (Å²) in [5, 5.41) is 3.92. The Labute approximate surface area is 204 Å². The van der Waals surface area contributed by atoms with Crippen molar-refractivity contribution in [2.75, 3.05) is 13.2 Å². The first-order valence-corrected chi connectivity index (χ1v) is 12.2. The maximum atomic E-state index is 13.3. The number of carbonyl (C=O) groups excluding carboxylic acids is 1. The number of ether oxygens (including phenoxy) is 1. The SMILES string of the molecule is C=CCOc1ccc(/C=N\NC(=O)CN(Cc2ccc(F)cc2)S(=O)(=O)c2ccc(C)cc2)cc1. The van der Waals surface area contributed by atoms with Crippen molar-refractivity contribution in [2.45, 2.75) is 18.4 Å². The van der Waals surface area contributed by atoms with E-state index in [4.69, 9.17) is 4.74 Å². The van der Waals surface area contributed by atoms with Gasteiger partial charge in [0.15, 0.2) is 0 Å². The lowest BCUT2D eigenvalue weighted by Crippen LogP contribution is -2.39. The van der Waals surface area contributed by atoms with Crippen molar-refractivity contribution in [1.82, 2.24) is 9.73 Å². The van der Waals surface area contributed by atoms with Crippen LogP contribution in [0.4, 0.5) is 4.39 Å². The highest BCUT2D eigenvalue weighted by Crippen LogP contribution is 2.19. The third kappa shape index (κ3) is 7.59. The van der Waals surface area contributed by atoms with E-state index in [0.29, 0.717) is 23.5 Å². The molecule has 1 N–H and O–H groups in total. The molecule has 0 spiro atoms. The van der Waals surface area contributed by atoms with E-state index < -0.39 is 28.3 Å². The van der Waals surface area contributed by atoms with Gasteiger partial charge in [-0.3, -0.25) is 4.79 Å². The van der Waals surface area contributed by atoms with E-state index in [9.17, 15) is 17.6 Å². The van der Waals surface area contributed by atoms with E-state index in [0.717, 1.165) is 9.87 Å². The summed E-state index contributed by atoms with van der Waals surface area (Å²) in [4.78, 5) is 12.6. The third-order valence-electron chi connectivity index (χ3n) is 4.90. The molecule has 0 fully saturated rings. The molecule has 0 aliphatic heterocycles. The molecule has 0 unspecified atom stereocenters. The number of nitrogens with zero attached hydrogens (tertiary/aromatic N) is 2. The second kappa shape index (κ2) is 12.0. The molecule has 3 aromatic carbocycles. The van der Waals surface area contributed by atoms with Crippen molar-refractivity contribution < 1.29 is 22.3 Å². The third-order valence-corrected chi connectivity index (χ3v) is 6.71. The van der Waals surface area contributed by atoms with Gasteiger partial charge in [0.2, 0.25) is 10.0 Å². The van der Waals surface area contributed by atoms with Crippen LogP contribution in [0.5, 0.6) is 5.75 Å². The molecule has 0 atom stereocenters. The summed E-state index contributed by atoms with van der Waals surface area (Å²) < 4.78 is 46.3. The standard InChI is InChI=1S/C26H26FN3O4S/c1-3-16-34-24-12-8-21(9-13-24)17-28-29-26(31)19-30(18-22-6-10-23(27)11-7-22)35(32,33)25-14-4-20(2)5-15-25/h3-15,17H,1,16,18-19H2,2H3,(H,29,31)/b28-17-. The van der Waals surface area contributed by atoms with Gasteiger partial charge in [-0.1, -0.05) is 42.5 Å². The monoisotopic (exact) mass is 495 g/mol. The molecule has 9 heteroatoms. The second-order valence-corrected chi connectivity index (χ2v) is 9.61. The number of hydrogen-bond acceptors (Lipinski definition) is 5. The molecule has 0 aliphatic carbocycles. The van der Waals surface area contributed by atoms with Gasteiger partial charge in [-0.05, 0) is 66.6 Å². The second-order valence-electron chi connectivity index (χ2n) is 7.67. The number of hydrazone groups is 1. The Kier molecular flexibility index (Phi) is 8.88. The quantitative estimate of drug-likeness (QED) is 0.247. The molecule has 0 bridgehead atoms. The fourth-order valence-electron chi connectivity index (χ4n) is 3.06. The molecular weight excluding hydrogens is 469 g/mol. The van der Waals surface area contributed by atoms with Crippen LogP contribution in [0, 0.1) is 12.7 Å². The summed E-state index contributed by atoms with van der Waals surface area (Å²) in [5.74, 6) is -0.386. The van der Waals surface area contributed by atoms with Crippen LogP contribution in [0.1, 0.15) is 16.7 Å². The molecular formula is C26H26FN3O4S. The van der Waals surface area contributed by atoms with Crippen molar-refractivity contribution in [3.63, 3.8) is 0 Å². The molecule has 182 valence electrons. The lowest BCUT2D eigenvalue weighted by Gasteiger charge is -2.21. The molecule has 0 radical (unpaired) electrons. The lowest BCUT2D eigenvalue weighted by molar-refractivity contribution is -0.121. The molecule has 0 saturated carbocycles. The van der Waals surface area contributed by atoms with Crippen molar-refractivity contribution >= 4 is 22.1 Å². The minimum atomic E-state index is -4.00. The number of benzene rings is 3. The Bertz CT molecular complexity index is 1270. The van der Waals surface area contributed by atoms with E-state index >= 15 is 0 Å². The number of carbonyl (C=O) groups is 1. The van der Waals surface area contributed by atoms with Crippen LogP contribution in [0.15, 0.2) is 95.4 Å². The van der Waals surface area contributed by atoms with Crippen LogP contribution in [-0.4, -0.2) is 38.0 Å². The molecule has 0 heterocycles. The van der Waals surface area contributed by atoms with E-state index in [2.05, 4.69) is 17.1 Å². The number of amides is 1. The molecule has 1 amide bonds. The van der Waals surface area contributed by atoms with Gasteiger partial charge < -0.3 is 4.74 Å². The zero-order valence-electron chi connectivity index (χ0n) is 19.2. The van der Waals surface area contributed by atoms with Crippen LogP contribution in [0.3, 0.4) is 0 Å². The zero-order chi connectivity index (χ0) is 25.3. The van der Waals surface area contributed by atoms with Gasteiger partial charge >= 0.3 is 0 Å². The van der Waals surface area contributed by atoms with Crippen molar-refractivity contribution in [1.29, 1.82) is 0 Å². The number of halogens is 1. The first kappa shape index (κ1) is 25.8. The Balaban J connectivity index is 1.71. The number of nitrogens with one attached hydrogen (secondary N) is 1. The summed E-state index contributed by atoms with van der Waals surface area (Å²) in [6, 6.07) is 18.8. The highest BCUT2D eigenvalue weighted by atomic mass is 32.2. The molecule has 3 aromatic rings. The van der Waals surface area contributed by atoms with Crippen LogP contribution in [-0.2, 0) is 21.4 Å². The highest BCUT2D eigenvalue weighted by molar-refractivity contribution is 7.89. The first-order chi connectivity index (χ1) is 16.8. The topological polar surface area (TPSA) is 88.1 Å². The molecule has 35 heavy (non-hydrogen) atoms.